The van der Waals surface area contributed by atoms with Crippen molar-refractivity contribution in [2.75, 3.05) is 13.1 Å². The lowest BCUT2D eigenvalue weighted by Gasteiger charge is -2.38. The number of nitrogens with one attached hydrogen (secondary N) is 1. The van der Waals surface area contributed by atoms with E-state index in [4.69, 9.17) is 0 Å². The average Bonchev–Trinajstić information content (AvgIpc) is 3.31. The maximum absolute atomic E-state index is 14.8. The number of likely N-dealkylation sites (tertiary alicyclic amines) is 1. The number of halogens is 1. The summed E-state index contributed by atoms with van der Waals surface area (Å²) in [5, 5.41) is 18.1. The highest BCUT2D eigenvalue weighted by Crippen LogP contribution is 2.27. The van der Waals surface area contributed by atoms with Crippen LogP contribution in [0.5, 0.6) is 0 Å². The Labute approximate surface area is 194 Å². The first-order valence-corrected chi connectivity index (χ1v) is 11.1. The van der Waals surface area contributed by atoms with Crippen molar-refractivity contribution in [1.29, 1.82) is 0 Å². The minimum absolute atomic E-state index is 0.00629. The number of piperidine rings is 1. The van der Waals surface area contributed by atoms with Crippen LogP contribution in [0.1, 0.15) is 29.0 Å². The zero-order valence-corrected chi connectivity index (χ0v) is 18.7. The SMILES string of the molecule is Cc1nc2[nH]ncc2c(=O)n1CC1(O)CCN(C(=O)c2ccc(-c3ccccc3)cc2F)CC1. The molecule has 1 amide bonds. The van der Waals surface area contributed by atoms with Crippen LogP contribution < -0.4 is 5.56 Å². The second-order valence-electron chi connectivity index (χ2n) is 8.76. The first-order valence-electron chi connectivity index (χ1n) is 11.1. The van der Waals surface area contributed by atoms with Crippen molar-refractivity contribution < 1.29 is 14.3 Å². The van der Waals surface area contributed by atoms with Crippen LogP contribution >= 0.6 is 0 Å². The summed E-state index contributed by atoms with van der Waals surface area (Å²) in [7, 11) is 0. The molecule has 0 radical (unpaired) electrons. The lowest BCUT2D eigenvalue weighted by atomic mass is 9.90. The second kappa shape index (κ2) is 8.49. The number of benzene rings is 2. The molecule has 34 heavy (non-hydrogen) atoms. The van der Waals surface area contributed by atoms with E-state index in [9.17, 15) is 19.1 Å². The highest BCUT2D eigenvalue weighted by atomic mass is 19.1. The Hall–Kier alpha value is -3.85. The van der Waals surface area contributed by atoms with Gasteiger partial charge in [0.2, 0.25) is 0 Å². The van der Waals surface area contributed by atoms with Gasteiger partial charge in [0, 0.05) is 13.1 Å². The Bertz CT molecular complexity index is 1420. The minimum atomic E-state index is -1.18. The fourth-order valence-corrected chi connectivity index (χ4v) is 4.47. The number of amides is 1. The summed E-state index contributed by atoms with van der Waals surface area (Å²) < 4.78 is 16.3. The number of aryl methyl sites for hydroxylation is 1. The van der Waals surface area contributed by atoms with Gasteiger partial charge in [0.15, 0.2) is 5.65 Å². The number of fused-ring (bicyclic) bond motifs is 1. The fourth-order valence-electron chi connectivity index (χ4n) is 4.47. The molecule has 174 valence electrons. The summed E-state index contributed by atoms with van der Waals surface area (Å²) in [6.07, 6.45) is 1.94. The van der Waals surface area contributed by atoms with Gasteiger partial charge in [-0.2, -0.15) is 5.10 Å². The molecule has 1 fully saturated rings. The van der Waals surface area contributed by atoms with E-state index in [1.165, 1.54) is 22.9 Å². The Balaban J connectivity index is 1.29. The molecule has 2 aromatic heterocycles. The zero-order chi connectivity index (χ0) is 23.9. The predicted octanol–water partition coefficient (Wildman–Crippen LogP) is 2.90. The molecule has 0 bridgehead atoms. The van der Waals surface area contributed by atoms with Crippen LogP contribution in [0.3, 0.4) is 0 Å². The van der Waals surface area contributed by atoms with Gasteiger partial charge in [0.1, 0.15) is 17.0 Å². The Morgan fingerprint density at radius 3 is 2.59 bits per heavy atom. The van der Waals surface area contributed by atoms with Crippen LogP contribution in [-0.2, 0) is 6.54 Å². The van der Waals surface area contributed by atoms with Crippen molar-refractivity contribution in [3.05, 3.63) is 82.3 Å². The summed E-state index contributed by atoms with van der Waals surface area (Å²) in [5.41, 5.74) is 0.533. The summed E-state index contributed by atoms with van der Waals surface area (Å²) in [6.45, 7) is 2.27. The third kappa shape index (κ3) is 3.99. The quantitative estimate of drug-likeness (QED) is 0.486. The molecule has 0 unspecified atom stereocenters. The van der Waals surface area contributed by atoms with Crippen molar-refractivity contribution >= 4 is 16.9 Å². The van der Waals surface area contributed by atoms with Gasteiger partial charge in [0.05, 0.1) is 23.9 Å². The number of rotatable bonds is 4. The molecule has 8 nitrogen and oxygen atoms in total. The van der Waals surface area contributed by atoms with E-state index in [1.807, 2.05) is 30.3 Å². The number of nitrogens with zero attached hydrogens (tertiary/aromatic N) is 4. The normalized spacial score (nSPS) is 15.6. The molecule has 2 N–H and O–H groups in total. The maximum Gasteiger partial charge on any atom is 0.264 e. The van der Waals surface area contributed by atoms with Gasteiger partial charge < -0.3 is 10.0 Å². The molecule has 1 saturated heterocycles. The first-order chi connectivity index (χ1) is 16.3. The number of hydrogen-bond acceptors (Lipinski definition) is 5. The van der Waals surface area contributed by atoms with Gasteiger partial charge in [0.25, 0.3) is 11.5 Å². The van der Waals surface area contributed by atoms with Crippen LogP contribution in [0.15, 0.2) is 59.5 Å². The first kappa shape index (κ1) is 22.0. The third-order valence-corrected chi connectivity index (χ3v) is 6.50. The molecule has 2 aromatic carbocycles. The molecule has 0 spiro atoms. The smallest absolute Gasteiger partial charge is 0.264 e. The average molecular weight is 461 g/mol. The van der Waals surface area contributed by atoms with E-state index in [0.29, 0.717) is 22.4 Å². The van der Waals surface area contributed by atoms with Crippen molar-refractivity contribution in [2.24, 2.45) is 0 Å². The van der Waals surface area contributed by atoms with Crippen LogP contribution in [0.4, 0.5) is 4.39 Å². The molecule has 5 rings (SSSR count). The van der Waals surface area contributed by atoms with Gasteiger partial charge >= 0.3 is 0 Å². The number of carbonyl (C=O) groups is 1. The number of H-pyrrole nitrogens is 1. The summed E-state index contributed by atoms with van der Waals surface area (Å²) >= 11 is 0. The largest absolute Gasteiger partial charge is 0.388 e. The number of carbonyl (C=O) groups excluding carboxylic acids is 1. The van der Waals surface area contributed by atoms with Gasteiger partial charge in [-0.15, -0.1) is 0 Å². The maximum atomic E-state index is 14.8. The standard InChI is InChI=1S/C25H24FN5O3/c1-16-28-22-20(14-27-29-22)24(33)31(16)15-25(34)9-11-30(12-10-25)23(32)19-8-7-18(13-21(19)26)17-5-3-2-4-6-17/h2-8,13-14,34H,9-12,15H2,1H3,(H,27,29). The highest BCUT2D eigenvalue weighted by Gasteiger charge is 2.36. The third-order valence-electron chi connectivity index (χ3n) is 6.50. The van der Waals surface area contributed by atoms with Crippen LogP contribution in [0.25, 0.3) is 22.2 Å². The topological polar surface area (TPSA) is 104 Å². The van der Waals surface area contributed by atoms with Crippen molar-refractivity contribution in [3.8, 4) is 11.1 Å². The van der Waals surface area contributed by atoms with Crippen molar-refractivity contribution in [2.45, 2.75) is 31.9 Å². The van der Waals surface area contributed by atoms with Crippen LogP contribution in [0.2, 0.25) is 0 Å². The van der Waals surface area contributed by atoms with Gasteiger partial charge in [-0.05, 0) is 43.0 Å². The van der Waals surface area contributed by atoms with Crippen LogP contribution in [-0.4, -0.2) is 54.4 Å². The van der Waals surface area contributed by atoms with Crippen molar-refractivity contribution in [3.63, 3.8) is 0 Å². The summed E-state index contributed by atoms with van der Waals surface area (Å²) in [4.78, 5) is 31.7. The van der Waals surface area contributed by atoms with E-state index in [-0.39, 0.29) is 43.6 Å². The molecule has 1 aliphatic heterocycles. The summed E-state index contributed by atoms with van der Waals surface area (Å²) in [6, 6.07) is 14.0. The van der Waals surface area contributed by atoms with Gasteiger partial charge in [-0.25, -0.2) is 9.37 Å². The Kier molecular flexibility index (Phi) is 5.49. The predicted molar refractivity (Wildman–Crippen MR) is 125 cm³/mol. The Morgan fingerprint density at radius 1 is 1.15 bits per heavy atom. The van der Waals surface area contributed by atoms with Crippen molar-refractivity contribution in [1.82, 2.24) is 24.6 Å². The molecular weight excluding hydrogens is 437 g/mol. The molecule has 0 aliphatic carbocycles. The molecule has 4 aromatic rings. The summed E-state index contributed by atoms with van der Waals surface area (Å²) in [5.74, 6) is -0.517. The molecule has 1 aliphatic rings. The van der Waals surface area contributed by atoms with E-state index in [1.54, 1.807) is 17.9 Å². The van der Waals surface area contributed by atoms with Gasteiger partial charge in [-0.1, -0.05) is 36.4 Å². The number of aromatic nitrogens is 4. The number of hydrogen-bond donors (Lipinski definition) is 2. The molecule has 9 heteroatoms. The number of aromatic amines is 1. The number of aliphatic hydroxyl groups is 1. The fraction of sp³-hybridized carbons (Fsp3) is 0.280. The van der Waals surface area contributed by atoms with E-state index < -0.39 is 17.3 Å². The lowest BCUT2D eigenvalue weighted by Crippen LogP contribution is -2.50. The van der Waals surface area contributed by atoms with E-state index >= 15 is 0 Å². The van der Waals surface area contributed by atoms with E-state index in [2.05, 4.69) is 15.2 Å². The van der Waals surface area contributed by atoms with E-state index in [0.717, 1.165) is 5.56 Å². The van der Waals surface area contributed by atoms with Gasteiger partial charge in [-0.3, -0.25) is 19.3 Å². The second-order valence-corrected chi connectivity index (χ2v) is 8.76. The molecule has 0 saturated carbocycles. The molecule has 0 atom stereocenters. The Morgan fingerprint density at radius 2 is 1.88 bits per heavy atom. The molecular formula is C25H24FN5O3. The highest BCUT2D eigenvalue weighted by molar-refractivity contribution is 5.95. The van der Waals surface area contributed by atoms with Crippen LogP contribution in [0, 0.1) is 12.7 Å². The molecule has 3 heterocycles. The monoisotopic (exact) mass is 461 g/mol. The zero-order valence-electron chi connectivity index (χ0n) is 18.7. The lowest BCUT2D eigenvalue weighted by molar-refractivity contribution is -0.0304. The minimum Gasteiger partial charge on any atom is -0.388 e.